The van der Waals surface area contributed by atoms with E-state index in [1.165, 1.54) is 7.11 Å². The van der Waals surface area contributed by atoms with Crippen molar-refractivity contribution in [2.24, 2.45) is 0 Å². The zero-order chi connectivity index (χ0) is 14.5. The monoisotopic (exact) mass is 314 g/mol. The first kappa shape index (κ1) is 14.9. The molecule has 20 heavy (non-hydrogen) atoms. The summed E-state index contributed by atoms with van der Waals surface area (Å²) in [5, 5.41) is 0.584. The smallest absolute Gasteiger partial charge is 0.171 e. The Balaban J connectivity index is 2.17. The molecule has 0 fully saturated rings. The van der Waals surface area contributed by atoms with Crippen molar-refractivity contribution in [3.8, 4) is 11.5 Å². The Morgan fingerprint density at radius 3 is 2.60 bits per heavy atom. The third-order valence-corrected chi connectivity index (χ3v) is 3.34. The van der Waals surface area contributed by atoms with Crippen LogP contribution in [-0.4, -0.2) is 7.11 Å². The van der Waals surface area contributed by atoms with Crippen molar-refractivity contribution < 1.29 is 13.9 Å². The number of methoxy groups -OCH3 is 1. The molecule has 0 unspecified atom stereocenters. The lowest BCUT2D eigenvalue weighted by molar-refractivity contribution is 0.293. The van der Waals surface area contributed by atoms with E-state index < -0.39 is 5.82 Å². The largest absolute Gasteiger partial charge is 0.494 e. The van der Waals surface area contributed by atoms with Gasteiger partial charge in [-0.2, -0.15) is 0 Å². The van der Waals surface area contributed by atoms with Crippen LogP contribution in [0.25, 0.3) is 0 Å². The molecule has 0 aliphatic rings. The maximum atomic E-state index is 14.0. The average molecular weight is 315 g/mol. The Morgan fingerprint density at radius 2 is 1.90 bits per heavy atom. The zero-order valence-electron chi connectivity index (χ0n) is 10.8. The fraction of sp³-hybridized carbons (Fsp3) is 0.200. The van der Waals surface area contributed by atoms with E-state index in [1.807, 2.05) is 0 Å². The Bertz CT molecular complexity index is 602. The third-order valence-electron chi connectivity index (χ3n) is 2.81. The molecule has 0 radical (unpaired) electrons. The van der Waals surface area contributed by atoms with E-state index >= 15 is 0 Å². The van der Waals surface area contributed by atoms with Crippen LogP contribution in [0.3, 0.4) is 0 Å². The summed E-state index contributed by atoms with van der Waals surface area (Å²) in [5.41, 5.74) is 1.18. The van der Waals surface area contributed by atoms with E-state index in [1.54, 1.807) is 36.4 Å². The summed E-state index contributed by atoms with van der Waals surface area (Å²) in [6.07, 6.45) is 0. The van der Waals surface area contributed by atoms with Gasteiger partial charge in [0, 0.05) is 16.1 Å². The molecule has 0 bridgehead atoms. The summed E-state index contributed by atoms with van der Waals surface area (Å²) in [5.74, 6) is 0.638. The first-order valence-corrected chi connectivity index (χ1v) is 6.85. The van der Waals surface area contributed by atoms with Crippen LogP contribution in [0, 0.1) is 5.82 Å². The molecule has 2 aromatic carbocycles. The van der Waals surface area contributed by atoms with Crippen molar-refractivity contribution in [3.05, 3.63) is 58.4 Å². The third kappa shape index (κ3) is 3.35. The molecule has 0 heterocycles. The van der Waals surface area contributed by atoms with Gasteiger partial charge in [0.25, 0.3) is 0 Å². The molecule has 2 rings (SSSR count). The van der Waals surface area contributed by atoms with Gasteiger partial charge in [0.15, 0.2) is 11.6 Å². The minimum absolute atomic E-state index is 0.0918. The number of rotatable bonds is 5. The Hall–Kier alpha value is -1.45. The van der Waals surface area contributed by atoms with Crippen molar-refractivity contribution in [1.82, 2.24) is 0 Å². The molecular weight excluding hydrogens is 302 g/mol. The minimum Gasteiger partial charge on any atom is -0.494 e. The number of hydrogen-bond donors (Lipinski definition) is 0. The second kappa shape index (κ2) is 6.82. The highest BCUT2D eigenvalue weighted by Gasteiger charge is 2.10. The molecule has 0 N–H and O–H groups in total. The number of ether oxygens (including phenoxy) is 2. The molecule has 0 amide bonds. The maximum Gasteiger partial charge on any atom is 0.171 e. The van der Waals surface area contributed by atoms with E-state index in [2.05, 4.69) is 0 Å². The van der Waals surface area contributed by atoms with Crippen molar-refractivity contribution in [3.63, 3.8) is 0 Å². The van der Waals surface area contributed by atoms with Crippen molar-refractivity contribution >= 4 is 23.2 Å². The van der Waals surface area contributed by atoms with Gasteiger partial charge < -0.3 is 9.47 Å². The highest BCUT2D eigenvalue weighted by molar-refractivity contribution is 6.30. The van der Waals surface area contributed by atoms with Gasteiger partial charge in [-0.15, -0.1) is 11.6 Å². The molecule has 106 valence electrons. The van der Waals surface area contributed by atoms with Crippen molar-refractivity contribution in [1.29, 1.82) is 0 Å². The topological polar surface area (TPSA) is 18.5 Å². The fourth-order valence-corrected chi connectivity index (χ4v) is 2.18. The van der Waals surface area contributed by atoms with Gasteiger partial charge in [-0.1, -0.05) is 23.7 Å². The highest BCUT2D eigenvalue weighted by atomic mass is 35.5. The Labute approximate surface area is 127 Å². The van der Waals surface area contributed by atoms with Crippen LogP contribution in [0.4, 0.5) is 4.39 Å². The predicted octanol–water partition coefficient (Wildman–Crippen LogP) is 4.81. The van der Waals surface area contributed by atoms with E-state index in [0.717, 1.165) is 5.56 Å². The van der Waals surface area contributed by atoms with E-state index in [-0.39, 0.29) is 18.2 Å². The van der Waals surface area contributed by atoms with E-state index in [0.29, 0.717) is 16.3 Å². The number of hydrogen-bond acceptors (Lipinski definition) is 2. The summed E-state index contributed by atoms with van der Waals surface area (Å²) in [7, 11) is 1.42. The lowest BCUT2D eigenvalue weighted by Crippen LogP contribution is -2.01. The van der Waals surface area contributed by atoms with Crippen LogP contribution >= 0.6 is 23.2 Å². The first-order valence-electron chi connectivity index (χ1n) is 5.94. The Morgan fingerprint density at radius 1 is 1.10 bits per heavy atom. The van der Waals surface area contributed by atoms with Crippen LogP contribution < -0.4 is 9.47 Å². The fourth-order valence-electron chi connectivity index (χ4n) is 1.77. The molecule has 0 spiro atoms. The summed E-state index contributed by atoms with van der Waals surface area (Å²) < 4.78 is 24.5. The molecule has 0 aromatic heterocycles. The molecule has 0 aliphatic carbocycles. The van der Waals surface area contributed by atoms with Gasteiger partial charge in [0.2, 0.25) is 0 Å². The summed E-state index contributed by atoms with van der Waals surface area (Å²) >= 11 is 11.7. The van der Waals surface area contributed by atoms with Gasteiger partial charge in [0.1, 0.15) is 12.4 Å². The molecule has 2 aromatic rings. The van der Waals surface area contributed by atoms with Crippen LogP contribution in [-0.2, 0) is 12.5 Å². The number of halogens is 3. The maximum absolute atomic E-state index is 14.0. The number of benzene rings is 2. The average Bonchev–Trinajstić information content (AvgIpc) is 2.47. The molecule has 0 saturated heterocycles. The molecule has 2 nitrogen and oxygen atoms in total. The van der Waals surface area contributed by atoms with Gasteiger partial charge in [0.05, 0.1) is 13.0 Å². The normalized spacial score (nSPS) is 10.4. The lowest BCUT2D eigenvalue weighted by Gasteiger charge is -2.12. The predicted molar refractivity (Wildman–Crippen MR) is 78.3 cm³/mol. The second-order valence-corrected chi connectivity index (χ2v) is 4.81. The quantitative estimate of drug-likeness (QED) is 0.738. The SMILES string of the molecule is COc1cccc(COc2ccc(Cl)cc2CCl)c1F. The standard InChI is InChI=1S/C15H13Cl2FO2/c1-19-14-4-2-3-10(15(14)18)9-20-13-6-5-12(17)7-11(13)8-16/h2-7H,8-9H2,1H3. The minimum atomic E-state index is -0.420. The van der Waals surface area contributed by atoms with Crippen LogP contribution in [0.15, 0.2) is 36.4 Å². The van der Waals surface area contributed by atoms with Crippen LogP contribution in [0.5, 0.6) is 11.5 Å². The lowest BCUT2D eigenvalue weighted by atomic mass is 10.2. The highest BCUT2D eigenvalue weighted by Crippen LogP contribution is 2.26. The first-order chi connectivity index (χ1) is 9.65. The summed E-state index contributed by atoms with van der Waals surface area (Å²) in [6.45, 7) is 0.0918. The summed E-state index contributed by atoms with van der Waals surface area (Å²) in [6, 6.07) is 10.1. The van der Waals surface area contributed by atoms with Crippen molar-refractivity contribution in [2.75, 3.05) is 7.11 Å². The summed E-state index contributed by atoms with van der Waals surface area (Å²) in [4.78, 5) is 0. The molecular formula is C15H13Cl2FO2. The molecule has 0 aliphatic heterocycles. The van der Waals surface area contributed by atoms with Gasteiger partial charge in [-0.3, -0.25) is 0 Å². The van der Waals surface area contributed by atoms with Gasteiger partial charge >= 0.3 is 0 Å². The van der Waals surface area contributed by atoms with Gasteiger partial charge in [-0.25, -0.2) is 4.39 Å². The zero-order valence-corrected chi connectivity index (χ0v) is 12.3. The molecule has 5 heteroatoms. The number of alkyl halides is 1. The molecule has 0 saturated carbocycles. The van der Waals surface area contributed by atoms with Gasteiger partial charge in [-0.05, 0) is 24.3 Å². The van der Waals surface area contributed by atoms with Crippen molar-refractivity contribution in [2.45, 2.75) is 12.5 Å². The van der Waals surface area contributed by atoms with Crippen LogP contribution in [0.1, 0.15) is 11.1 Å². The van der Waals surface area contributed by atoms with Crippen LogP contribution in [0.2, 0.25) is 5.02 Å². The van der Waals surface area contributed by atoms with E-state index in [4.69, 9.17) is 32.7 Å². The van der Waals surface area contributed by atoms with E-state index in [9.17, 15) is 4.39 Å². The second-order valence-electron chi connectivity index (χ2n) is 4.11. The molecule has 0 atom stereocenters. The Kier molecular flexibility index (Phi) is 5.10.